The molecule has 0 bridgehead atoms. The fourth-order valence-corrected chi connectivity index (χ4v) is 3.37. The van der Waals surface area contributed by atoms with Gasteiger partial charge in [0.25, 0.3) is 0 Å². The Balaban J connectivity index is 1.77. The van der Waals surface area contributed by atoms with Gasteiger partial charge in [0.05, 0.1) is 5.52 Å². The van der Waals surface area contributed by atoms with Gasteiger partial charge >= 0.3 is 6.09 Å². The van der Waals surface area contributed by atoms with Crippen LogP contribution in [-0.4, -0.2) is 34.7 Å². The molecular formula is C21H28N2O2. The fraction of sp³-hybridized carbons (Fsp3) is 0.524. The van der Waals surface area contributed by atoms with Gasteiger partial charge in [0.2, 0.25) is 0 Å². The third-order valence-corrected chi connectivity index (χ3v) is 4.72. The third kappa shape index (κ3) is 4.30. The number of hydrogen-bond donors (Lipinski definition) is 0. The molecule has 0 radical (unpaired) electrons. The number of carbonyl (C=O) groups is 1. The molecular weight excluding hydrogens is 312 g/mol. The number of aromatic nitrogens is 1. The molecule has 0 saturated carbocycles. The predicted octanol–water partition coefficient (Wildman–Crippen LogP) is 4.91. The van der Waals surface area contributed by atoms with Gasteiger partial charge in [-0.25, -0.2) is 4.79 Å². The number of benzene rings is 1. The van der Waals surface area contributed by atoms with Crippen molar-refractivity contribution in [3.8, 4) is 0 Å². The number of carbonyl (C=O) groups excluding carboxylic acids is 1. The zero-order chi connectivity index (χ0) is 18.0. The average Bonchev–Trinajstić information content (AvgIpc) is 2.59. The van der Waals surface area contributed by atoms with Crippen molar-refractivity contribution in [1.82, 2.24) is 9.88 Å². The number of aryl methyl sites for hydroxylation is 1. The highest BCUT2D eigenvalue weighted by molar-refractivity contribution is 5.80. The molecule has 1 atom stereocenters. The largest absolute Gasteiger partial charge is 0.444 e. The monoisotopic (exact) mass is 340 g/mol. The molecule has 0 N–H and O–H groups in total. The minimum atomic E-state index is -0.451. The number of nitrogens with zero attached hydrogens (tertiary/aromatic N) is 2. The van der Waals surface area contributed by atoms with Crippen LogP contribution in [-0.2, 0) is 11.2 Å². The molecule has 1 aromatic heterocycles. The molecule has 1 fully saturated rings. The first kappa shape index (κ1) is 17.7. The first-order valence-electron chi connectivity index (χ1n) is 9.22. The molecule has 0 aliphatic carbocycles. The lowest BCUT2D eigenvalue weighted by atomic mass is 9.90. The number of rotatable bonds is 2. The van der Waals surface area contributed by atoms with E-state index >= 15 is 0 Å². The lowest BCUT2D eigenvalue weighted by molar-refractivity contribution is 0.0198. The molecule has 25 heavy (non-hydrogen) atoms. The zero-order valence-electron chi connectivity index (χ0n) is 15.7. The van der Waals surface area contributed by atoms with Crippen molar-refractivity contribution in [3.05, 3.63) is 41.6 Å². The molecule has 1 aromatic carbocycles. The minimum absolute atomic E-state index is 0.205. The summed E-state index contributed by atoms with van der Waals surface area (Å²) in [4.78, 5) is 18.8. The SMILES string of the molecule is CCc1cnc2cc(C3CCCN(C(=O)OC(C)(C)C)C3)ccc2c1. The Morgan fingerprint density at radius 2 is 2.12 bits per heavy atom. The van der Waals surface area contributed by atoms with Gasteiger partial charge in [-0.3, -0.25) is 4.98 Å². The molecule has 1 saturated heterocycles. The van der Waals surface area contributed by atoms with Gasteiger partial charge in [-0.15, -0.1) is 0 Å². The van der Waals surface area contributed by atoms with Gasteiger partial charge in [0.1, 0.15) is 5.60 Å². The molecule has 1 aliphatic heterocycles. The molecule has 3 rings (SSSR count). The number of likely N-dealkylation sites (tertiary alicyclic amines) is 1. The van der Waals surface area contributed by atoms with Crippen molar-refractivity contribution in [2.45, 2.75) is 58.5 Å². The van der Waals surface area contributed by atoms with Gasteiger partial charge in [-0.2, -0.15) is 0 Å². The summed E-state index contributed by atoms with van der Waals surface area (Å²) in [6.45, 7) is 9.36. The van der Waals surface area contributed by atoms with E-state index in [0.717, 1.165) is 31.3 Å². The van der Waals surface area contributed by atoms with E-state index < -0.39 is 5.60 Å². The van der Waals surface area contributed by atoms with Crippen LogP contribution in [0.25, 0.3) is 10.9 Å². The van der Waals surface area contributed by atoms with Gasteiger partial charge in [0.15, 0.2) is 0 Å². The Kier molecular flexibility index (Phi) is 4.98. The van der Waals surface area contributed by atoms with Crippen LogP contribution < -0.4 is 0 Å². The Morgan fingerprint density at radius 1 is 1.32 bits per heavy atom. The quantitative estimate of drug-likeness (QED) is 0.780. The summed E-state index contributed by atoms with van der Waals surface area (Å²) in [6, 6.07) is 8.73. The smallest absolute Gasteiger partial charge is 0.410 e. The van der Waals surface area contributed by atoms with E-state index in [4.69, 9.17) is 4.74 Å². The van der Waals surface area contributed by atoms with Crippen molar-refractivity contribution >= 4 is 17.0 Å². The second-order valence-corrected chi connectivity index (χ2v) is 7.91. The maximum absolute atomic E-state index is 12.4. The van der Waals surface area contributed by atoms with Crippen LogP contribution in [0.15, 0.2) is 30.5 Å². The summed E-state index contributed by atoms with van der Waals surface area (Å²) in [6.07, 6.45) is 4.85. The summed E-state index contributed by atoms with van der Waals surface area (Å²) >= 11 is 0. The van der Waals surface area contributed by atoms with E-state index in [1.165, 1.54) is 16.5 Å². The second kappa shape index (κ2) is 7.03. The number of pyridine rings is 1. The van der Waals surface area contributed by atoms with Crippen LogP contribution in [0.4, 0.5) is 4.79 Å². The summed E-state index contributed by atoms with van der Waals surface area (Å²) in [7, 11) is 0. The van der Waals surface area contributed by atoms with E-state index in [0.29, 0.717) is 12.5 Å². The predicted molar refractivity (Wildman–Crippen MR) is 101 cm³/mol. The van der Waals surface area contributed by atoms with Crippen molar-refractivity contribution in [3.63, 3.8) is 0 Å². The van der Waals surface area contributed by atoms with Gasteiger partial charge in [-0.1, -0.05) is 19.1 Å². The van der Waals surface area contributed by atoms with Crippen molar-refractivity contribution < 1.29 is 9.53 Å². The fourth-order valence-electron chi connectivity index (χ4n) is 3.37. The molecule has 2 aromatic rings. The number of ether oxygens (including phenoxy) is 1. The first-order chi connectivity index (χ1) is 11.9. The van der Waals surface area contributed by atoms with Crippen LogP contribution in [0.5, 0.6) is 0 Å². The zero-order valence-corrected chi connectivity index (χ0v) is 15.7. The average molecular weight is 340 g/mol. The Labute approximate surface area is 150 Å². The van der Waals surface area contributed by atoms with Crippen LogP contribution in [0.2, 0.25) is 0 Å². The molecule has 4 nitrogen and oxygen atoms in total. The van der Waals surface area contributed by atoms with Crippen LogP contribution in [0, 0.1) is 0 Å². The lowest BCUT2D eigenvalue weighted by Gasteiger charge is -2.34. The number of piperidine rings is 1. The van der Waals surface area contributed by atoms with E-state index in [9.17, 15) is 4.79 Å². The van der Waals surface area contributed by atoms with Crippen LogP contribution in [0.3, 0.4) is 0 Å². The molecule has 1 aliphatic rings. The minimum Gasteiger partial charge on any atom is -0.444 e. The molecule has 1 amide bonds. The molecule has 4 heteroatoms. The number of hydrogen-bond acceptors (Lipinski definition) is 3. The Morgan fingerprint density at radius 3 is 2.84 bits per heavy atom. The molecule has 1 unspecified atom stereocenters. The highest BCUT2D eigenvalue weighted by Crippen LogP contribution is 2.29. The summed E-state index contributed by atoms with van der Waals surface area (Å²) in [5.41, 5.74) is 3.10. The highest BCUT2D eigenvalue weighted by atomic mass is 16.6. The molecule has 134 valence electrons. The molecule has 0 spiro atoms. The van der Waals surface area contributed by atoms with E-state index in [-0.39, 0.29) is 6.09 Å². The van der Waals surface area contributed by atoms with Crippen LogP contribution in [0.1, 0.15) is 57.6 Å². The Bertz CT molecular complexity index is 764. The first-order valence-corrected chi connectivity index (χ1v) is 9.22. The highest BCUT2D eigenvalue weighted by Gasteiger charge is 2.28. The third-order valence-electron chi connectivity index (χ3n) is 4.72. The number of fused-ring (bicyclic) bond motifs is 1. The van der Waals surface area contributed by atoms with Crippen LogP contribution >= 0.6 is 0 Å². The maximum Gasteiger partial charge on any atom is 0.410 e. The normalized spacial score (nSPS) is 18.4. The summed E-state index contributed by atoms with van der Waals surface area (Å²) < 4.78 is 5.53. The van der Waals surface area contributed by atoms with Gasteiger partial charge < -0.3 is 9.64 Å². The van der Waals surface area contributed by atoms with Gasteiger partial charge in [-0.05, 0) is 63.3 Å². The van der Waals surface area contributed by atoms with Crippen molar-refractivity contribution in [2.24, 2.45) is 0 Å². The second-order valence-electron chi connectivity index (χ2n) is 7.91. The summed E-state index contributed by atoms with van der Waals surface area (Å²) in [5, 5.41) is 1.18. The number of amides is 1. The van der Waals surface area contributed by atoms with Gasteiger partial charge in [0, 0.05) is 30.6 Å². The topological polar surface area (TPSA) is 42.4 Å². The lowest BCUT2D eigenvalue weighted by Crippen LogP contribution is -2.42. The molecule has 2 heterocycles. The summed E-state index contributed by atoms with van der Waals surface area (Å²) in [5.74, 6) is 0.346. The van der Waals surface area contributed by atoms with Crippen molar-refractivity contribution in [1.29, 1.82) is 0 Å². The van der Waals surface area contributed by atoms with E-state index in [1.807, 2.05) is 31.9 Å². The van der Waals surface area contributed by atoms with E-state index in [2.05, 4.69) is 36.2 Å². The van der Waals surface area contributed by atoms with Crippen molar-refractivity contribution in [2.75, 3.05) is 13.1 Å². The maximum atomic E-state index is 12.4. The Hall–Kier alpha value is -2.10. The standard InChI is InChI=1S/C21H28N2O2/c1-5-15-11-17-9-8-16(12-19(17)22-13-15)18-7-6-10-23(14-18)20(24)25-21(2,3)4/h8-9,11-13,18H,5-7,10,14H2,1-4H3. The van der Waals surface area contributed by atoms with E-state index in [1.54, 1.807) is 0 Å².